The summed E-state index contributed by atoms with van der Waals surface area (Å²) in [7, 11) is 0. The summed E-state index contributed by atoms with van der Waals surface area (Å²) in [5.74, 6) is -0.0667. The minimum atomic E-state index is -0.375. The number of benzene rings is 1. The summed E-state index contributed by atoms with van der Waals surface area (Å²) in [5, 5.41) is 3.34. The van der Waals surface area contributed by atoms with E-state index in [-0.39, 0.29) is 29.5 Å². The van der Waals surface area contributed by atoms with Crippen molar-refractivity contribution in [2.24, 2.45) is 4.99 Å². The number of rotatable bonds is 5. The summed E-state index contributed by atoms with van der Waals surface area (Å²) in [6.07, 6.45) is 8.37. The minimum Gasteiger partial charge on any atom is -0.326 e. The number of aliphatic imine (C=N–C) groups is 1. The lowest BCUT2D eigenvalue weighted by Gasteiger charge is -2.29. The molecule has 1 aromatic carbocycles. The number of nitrogens with zero attached hydrogens (tertiary/aromatic N) is 2. The van der Waals surface area contributed by atoms with Crippen LogP contribution in [0.1, 0.15) is 58.3 Å². The van der Waals surface area contributed by atoms with Gasteiger partial charge in [0.1, 0.15) is 5.25 Å². The largest absolute Gasteiger partial charge is 0.326 e. The highest BCUT2D eigenvalue weighted by molar-refractivity contribution is 14.1. The summed E-state index contributed by atoms with van der Waals surface area (Å²) >= 11 is 3.69. The first-order valence-electron chi connectivity index (χ1n) is 10.2. The second-order valence-corrected chi connectivity index (χ2v) is 9.75. The molecule has 2 amide bonds. The highest BCUT2D eigenvalue weighted by Gasteiger charge is 2.42. The van der Waals surface area contributed by atoms with Gasteiger partial charge in [0.25, 0.3) is 0 Å². The van der Waals surface area contributed by atoms with E-state index in [0.29, 0.717) is 6.54 Å². The van der Waals surface area contributed by atoms with E-state index in [1.807, 2.05) is 36.1 Å². The van der Waals surface area contributed by atoms with Crippen LogP contribution in [0, 0.1) is 3.57 Å². The van der Waals surface area contributed by atoms with Gasteiger partial charge in [0.05, 0.1) is 0 Å². The zero-order valence-corrected chi connectivity index (χ0v) is 19.3. The fourth-order valence-electron chi connectivity index (χ4n) is 3.80. The zero-order chi connectivity index (χ0) is 19.9. The Bertz CT molecular complexity index is 715. The van der Waals surface area contributed by atoms with Gasteiger partial charge in [-0.2, -0.15) is 0 Å². The van der Waals surface area contributed by atoms with E-state index in [2.05, 4.69) is 32.9 Å². The van der Waals surface area contributed by atoms with Crippen LogP contribution >= 0.6 is 34.4 Å². The SMILES string of the molecule is CCN=C1SC(CC(=O)Nc2ccc(I)cc2)C(=O)N1C1CCCCCCC1. The van der Waals surface area contributed by atoms with Gasteiger partial charge >= 0.3 is 0 Å². The molecule has 1 saturated carbocycles. The number of carbonyl (C=O) groups excluding carboxylic acids is 2. The zero-order valence-electron chi connectivity index (χ0n) is 16.3. The molecular weight excluding hydrogens is 485 g/mol. The standard InChI is InChI=1S/C21H28IN3O2S/c1-2-23-21-25(17-8-6-4-3-5-7-9-17)20(27)18(28-21)14-19(26)24-16-12-10-15(22)11-13-16/h10-13,17-18H,2-9,14H2,1H3,(H,24,26). The monoisotopic (exact) mass is 513 g/mol. The van der Waals surface area contributed by atoms with E-state index in [1.165, 1.54) is 31.0 Å². The third-order valence-electron chi connectivity index (χ3n) is 5.20. The predicted octanol–water partition coefficient (Wildman–Crippen LogP) is 5.05. The topological polar surface area (TPSA) is 61.8 Å². The minimum absolute atomic E-state index is 0.0560. The molecule has 0 spiro atoms. The molecule has 2 fully saturated rings. The van der Waals surface area contributed by atoms with E-state index in [9.17, 15) is 9.59 Å². The van der Waals surface area contributed by atoms with Gasteiger partial charge in [-0.1, -0.05) is 43.9 Å². The number of hydrogen-bond acceptors (Lipinski definition) is 4. The quantitative estimate of drug-likeness (QED) is 0.561. The van der Waals surface area contributed by atoms with Gasteiger partial charge in [-0.15, -0.1) is 0 Å². The van der Waals surface area contributed by atoms with Crippen LogP contribution in [0.4, 0.5) is 5.69 Å². The molecule has 3 rings (SSSR count). The Morgan fingerprint density at radius 1 is 1.18 bits per heavy atom. The molecule has 152 valence electrons. The van der Waals surface area contributed by atoms with E-state index < -0.39 is 0 Å². The summed E-state index contributed by atoms with van der Waals surface area (Å²) in [6, 6.07) is 7.90. The number of thioether (sulfide) groups is 1. The third-order valence-corrected chi connectivity index (χ3v) is 7.11. The fraction of sp³-hybridized carbons (Fsp3) is 0.571. The smallest absolute Gasteiger partial charge is 0.242 e. The molecule has 1 atom stereocenters. The van der Waals surface area contributed by atoms with E-state index in [1.54, 1.807) is 0 Å². The second-order valence-electron chi connectivity index (χ2n) is 7.33. The van der Waals surface area contributed by atoms with Crippen LogP contribution in [-0.4, -0.2) is 39.7 Å². The number of carbonyl (C=O) groups is 2. The average Bonchev–Trinajstić information content (AvgIpc) is 2.93. The Balaban J connectivity index is 1.66. The van der Waals surface area contributed by atoms with Crippen LogP contribution in [0.3, 0.4) is 0 Å². The molecule has 1 N–H and O–H groups in total. The number of anilines is 1. The summed E-state index contributed by atoms with van der Waals surface area (Å²) in [5.41, 5.74) is 0.764. The summed E-state index contributed by atoms with van der Waals surface area (Å²) < 4.78 is 1.12. The van der Waals surface area contributed by atoms with Crippen molar-refractivity contribution in [3.05, 3.63) is 27.8 Å². The molecule has 0 radical (unpaired) electrons. The Kier molecular flexibility index (Phi) is 8.20. The number of amides is 2. The van der Waals surface area contributed by atoms with Crippen LogP contribution in [0.15, 0.2) is 29.3 Å². The van der Waals surface area contributed by atoms with Gasteiger partial charge < -0.3 is 5.32 Å². The van der Waals surface area contributed by atoms with Gasteiger partial charge in [-0.25, -0.2) is 0 Å². The Morgan fingerprint density at radius 3 is 2.46 bits per heavy atom. The molecule has 1 aliphatic carbocycles. The van der Waals surface area contributed by atoms with Gasteiger partial charge in [0, 0.05) is 28.3 Å². The molecule has 28 heavy (non-hydrogen) atoms. The van der Waals surface area contributed by atoms with Crippen molar-refractivity contribution in [3.8, 4) is 0 Å². The van der Waals surface area contributed by atoms with Crippen LogP contribution in [0.5, 0.6) is 0 Å². The molecule has 1 heterocycles. The maximum absolute atomic E-state index is 13.2. The van der Waals surface area contributed by atoms with E-state index in [0.717, 1.165) is 40.1 Å². The van der Waals surface area contributed by atoms with Gasteiger partial charge in [0.15, 0.2) is 5.17 Å². The van der Waals surface area contributed by atoms with Crippen molar-refractivity contribution >= 4 is 57.0 Å². The number of hydrogen-bond donors (Lipinski definition) is 1. The van der Waals surface area contributed by atoms with Crippen LogP contribution in [0.2, 0.25) is 0 Å². The van der Waals surface area contributed by atoms with Crippen molar-refractivity contribution < 1.29 is 9.59 Å². The molecule has 1 saturated heterocycles. The lowest BCUT2D eigenvalue weighted by atomic mass is 9.95. The number of halogens is 1. The van der Waals surface area contributed by atoms with Crippen molar-refractivity contribution in [2.45, 2.75) is 69.6 Å². The first-order valence-corrected chi connectivity index (χ1v) is 12.1. The van der Waals surface area contributed by atoms with E-state index in [4.69, 9.17) is 0 Å². The molecular formula is C21H28IN3O2S. The molecule has 0 aromatic heterocycles. The van der Waals surface area contributed by atoms with Gasteiger partial charge in [-0.3, -0.25) is 19.5 Å². The van der Waals surface area contributed by atoms with Crippen molar-refractivity contribution in [2.75, 3.05) is 11.9 Å². The lowest BCUT2D eigenvalue weighted by Crippen LogP contribution is -2.42. The molecule has 0 bridgehead atoms. The summed E-state index contributed by atoms with van der Waals surface area (Å²) in [6.45, 7) is 2.64. The second kappa shape index (κ2) is 10.6. The molecule has 7 heteroatoms. The first-order chi connectivity index (χ1) is 13.6. The lowest BCUT2D eigenvalue weighted by molar-refractivity contribution is -0.129. The molecule has 2 aliphatic rings. The normalized spacial score (nSPS) is 22.9. The van der Waals surface area contributed by atoms with Crippen LogP contribution < -0.4 is 5.32 Å². The number of nitrogens with one attached hydrogen (secondary N) is 1. The molecule has 5 nitrogen and oxygen atoms in total. The maximum Gasteiger partial charge on any atom is 0.242 e. The Morgan fingerprint density at radius 2 is 1.82 bits per heavy atom. The van der Waals surface area contributed by atoms with Gasteiger partial charge in [-0.05, 0) is 66.6 Å². The third kappa shape index (κ3) is 5.72. The predicted molar refractivity (Wildman–Crippen MR) is 125 cm³/mol. The summed E-state index contributed by atoms with van der Waals surface area (Å²) in [4.78, 5) is 32.2. The molecule has 1 aliphatic heterocycles. The van der Waals surface area contributed by atoms with Crippen molar-refractivity contribution in [1.82, 2.24) is 4.90 Å². The Hall–Kier alpha value is -1.09. The first kappa shape index (κ1) is 21.6. The molecule has 1 unspecified atom stereocenters. The van der Waals surface area contributed by atoms with Crippen LogP contribution in [0.25, 0.3) is 0 Å². The van der Waals surface area contributed by atoms with Gasteiger partial charge in [0.2, 0.25) is 11.8 Å². The van der Waals surface area contributed by atoms with Crippen LogP contribution in [-0.2, 0) is 9.59 Å². The maximum atomic E-state index is 13.2. The number of amidine groups is 1. The fourth-order valence-corrected chi connectivity index (χ4v) is 5.42. The van der Waals surface area contributed by atoms with Crippen molar-refractivity contribution in [1.29, 1.82) is 0 Å². The Labute approximate surface area is 185 Å². The van der Waals surface area contributed by atoms with Crippen molar-refractivity contribution in [3.63, 3.8) is 0 Å². The van der Waals surface area contributed by atoms with E-state index >= 15 is 0 Å². The highest BCUT2D eigenvalue weighted by Crippen LogP contribution is 2.35. The average molecular weight is 513 g/mol. The molecule has 1 aromatic rings. The highest BCUT2D eigenvalue weighted by atomic mass is 127.